The van der Waals surface area contributed by atoms with Crippen LogP contribution in [0.15, 0.2) is 42.0 Å². The zero-order chi connectivity index (χ0) is 21.3. The summed E-state index contributed by atoms with van der Waals surface area (Å²) in [6.45, 7) is 3.37. The number of aliphatic hydroxyl groups excluding tert-OH is 1. The molecule has 4 N–H and O–H groups in total. The first-order valence-corrected chi connectivity index (χ1v) is 8.90. The highest BCUT2D eigenvalue weighted by Crippen LogP contribution is 2.50. The average Bonchev–Trinajstić information content (AvgIpc) is 2.68. The maximum atomic E-state index is 12.7. The Labute approximate surface area is 166 Å². The van der Waals surface area contributed by atoms with Crippen molar-refractivity contribution in [1.29, 1.82) is 0 Å². The minimum atomic E-state index is -1.66. The molecule has 3 rings (SSSR count). The number of phenols is 3. The summed E-state index contributed by atoms with van der Waals surface area (Å²) < 4.78 is 10.9. The lowest BCUT2D eigenvalue weighted by molar-refractivity contribution is -0.130. The number of hydrogen-bond acceptors (Lipinski definition) is 8. The Morgan fingerprint density at radius 2 is 1.83 bits per heavy atom. The second-order valence-corrected chi connectivity index (χ2v) is 6.57. The molecule has 1 aliphatic heterocycles. The second kappa shape index (κ2) is 7.84. The summed E-state index contributed by atoms with van der Waals surface area (Å²) in [5.74, 6) is -3.66. The number of Topliss-reactive ketones (excluding diaryl/α,β-unsaturated/α-hetero) is 1. The van der Waals surface area contributed by atoms with Gasteiger partial charge in [0.1, 0.15) is 17.1 Å². The molecular weight excluding hydrogens is 380 g/mol. The Morgan fingerprint density at radius 1 is 1.17 bits per heavy atom. The zero-order valence-electron chi connectivity index (χ0n) is 15.7. The summed E-state index contributed by atoms with van der Waals surface area (Å²) in [4.78, 5) is 25.0. The van der Waals surface area contributed by atoms with Crippen LogP contribution in [0.25, 0.3) is 0 Å². The van der Waals surface area contributed by atoms with Gasteiger partial charge in [0.2, 0.25) is 11.5 Å². The third-order valence-corrected chi connectivity index (χ3v) is 4.49. The van der Waals surface area contributed by atoms with Gasteiger partial charge in [0.05, 0.1) is 0 Å². The number of hydrogen-bond donors (Lipinski definition) is 4. The number of esters is 1. The topological polar surface area (TPSA) is 134 Å². The molecule has 0 saturated carbocycles. The van der Waals surface area contributed by atoms with Crippen LogP contribution in [0.5, 0.6) is 28.7 Å². The number of phenolic OH excluding ortho intramolecular Hbond substituents is 3. The number of benzene rings is 2. The van der Waals surface area contributed by atoms with Gasteiger partial charge in [0.15, 0.2) is 23.7 Å². The van der Waals surface area contributed by atoms with Crippen LogP contribution in [-0.2, 0) is 4.79 Å². The average molecular weight is 400 g/mol. The van der Waals surface area contributed by atoms with Crippen molar-refractivity contribution in [1.82, 2.24) is 0 Å². The number of carbonyl (C=O) groups excluding carboxylic acids is 2. The largest absolute Gasteiger partial charge is 0.508 e. The molecule has 1 aliphatic rings. The predicted molar refractivity (Wildman–Crippen MR) is 101 cm³/mol. The Morgan fingerprint density at radius 3 is 2.45 bits per heavy atom. The van der Waals surface area contributed by atoms with Crippen LogP contribution >= 0.6 is 0 Å². The van der Waals surface area contributed by atoms with E-state index in [1.54, 1.807) is 6.08 Å². The Bertz CT molecular complexity index is 991. The van der Waals surface area contributed by atoms with Crippen molar-refractivity contribution in [2.45, 2.75) is 32.5 Å². The molecule has 0 aromatic heterocycles. The number of rotatable bonds is 4. The van der Waals surface area contributed by atoms with Crippen molar-refractivity contribution in [2.24, 2.45) is 0 Å². The Balaban J connectivity index is 2.09. The van der Waals surface area contributed by atoms with Crippen LogP contribution in [0.4, 0.5) is 0 Å². The van der Waals surface area contributed by atoms with Gasteiger partial charge < -0.3 is 29.9 Å². The second-order valence-electron chi connectivity index (χ2n) is 6.57. The van der Waals surface area contributed by atoms with E-state index in [9.17, 15) is 30.0 Å². The van der Waals surface area contributed by atoms with E-state index in [-0.39, 0.29) is 17.1 Å². The molecule has 0 aliphatic carbocycles. The Kier molecular flexibility index (Phi) is 5.47. The number of carbonyl (C=O) groups is 2. The zero-order valence-corrected chi connectivity index (χ0v) is 15.7. The van der Waals surface area contributed by atoms with Gasteiger partial charge >= 0.3 is 5.97 Å². The van der Waals surface area contributed by atoms with Crippen LogP contribution in [0, 0.1) is 0 Å². The minimum absolute atomic E-state index is 0.0196. The van der Waals surface area contributed by atoms with Crippen molar-refractivity contribution in [2.75, 3.05) is 0 Å². The minimum Gasteiger partial charge on any atom is -0.508 e. The molecule has 0 fully saturated rings. The fourth-order valence-electron chi connectivity index (χ4n) is 3.02. The summed E-state index contributed by atoms with van der Waals surface area (Å²) in [5, 5.41) is 40.2. The lowest BCUT2D eigenvalue weighted by Crippen LogP contribution is -2.36. The molecule has 152 valence electrons. The molecule has 2 atom stereocenters. The van der Waals surface area contributed by atoms with E-state index in [1.807, 2.05) is 6.92 Å². The summed E-state index contributed by atoms with van der Waals surface area (Å²) in [6.07, 6.45) is -0.652. The predicted octanol–water partition coefficient (Wildman–Crippen LogP) is 2.74. The number of aliphatic hydroxyl groups is 1. The lowest BCUT2D eigenvalue weighted by atomic mass is 9.92. The highest BCUT2D eigenvalue weighted by molar-refractivity contribution is 6.07. The van der Waals surface area contributed by atoms with Gasteiger partial charge in [-0.1, -0.05) is 25.1 Å². The molecule has 0 saturated heterocycles. The molecule has 1 heterocycles. The first-order chi connectivity index (χ1) is 13.7. The van der Waals surface area contributed by atoms with Gasteiger partial charge in [0.25, 0.3) is 0 Å². The smallest absolute Gasteiger partial charge is 0.339 e. The van der Waals surface area contributed by atoms with E-state index in [0.717, 1.165) is 6.07 Å². The van der Waals surface area contributed by atoms with Crippen LogP contribution in [-0.4, -0.2) is 38.3 Å². The molecule has 0 bridgehead atoms. The number of ether oxygens (including phenoxy) is 2. The van der Waals surface area contributed by atoms with Crippen molar-refractivity contribution >= 4 is 11.8 Å². The molecule has 29 heavy (non-hydrogen) atoms. The quantitative estimate of drug-likeness (QED) is 0.350. The number of fused-ring (bicyclic) bond motifs is 1. The Hall–Kier alpha value is -3.52. The van der Waals surface area contributed by atoms with Gasteiger partial charge in [0, 0.05) is 11.6 Å². The maximum Gasteiger partial charge on any atom is 0.339 e. The highest BCUT2D eigenvalue weighted by atomic mass is 16.6. The van der Waals surface area contributed by atoms with Gasteiger partial charge in [-0.2, -0.15) is 0 Å². The molecule has 0 amide bonds. The van der Waals surface area contributed by atoms with E-state index in [0.29, 0.717) is 12.0 Å². The third kappa shape index (κ3) is 3.74. The standard InChI is InChI=1S/C21H20O8/c1-3-4-10(2)21(27)29-19-14(24)9-13(23)15-16(25)17(26)18(28-20(15)19)11-5-7-12(22)8-6-11/h4-9,17-18,22-24,26H,3H2,1-2H3. The summed E-state index contributed by atoms with van der Waals surface area (Å²) in [5.41, 5.74) is 0.243. The van der Waals surface area contributed by atoms with Crippen LogP contribution in [0.1, 0.15) is 42.3 Å². The van der Waals surface area contributed by atoms with Crippen molar-refractivity contribution < 1.29 is 39.5 Å². The molecule has 0 spiro atoms. The summed E-state index contributed by atoms with van der Waals surface area (Å²) in [6, 6.07) is 6.44. The van der Waals surface area contributed by atoms with Crippen molar-refractivity contribution in [3.63, 3.8) is 0 Å². The van der Waals surface area contributed by atoms with Crippen LogP contribution < -0.4 is 9.47 Å². The first kappa shape index (κ1) is 20.2. The summed E-state index contributed by atoms with van der Waals surface area (Å²) >= 11 is 0. The molecule has 8 nitrogen and oxygen atoms in total. The van der Waals surface area contributed by atoms with E-state index in [2.05, 4.69) is 0 Å². The fraction of sp³-hybridized carbons (Fsp3) is 0.238. The molecule has 8 heteroatoms. The third-order valence-electron chi connectivity index (χ3n) is 4.49. The lowest BCUT2D eigenvalue weighted by Gasteiger charge is -2.31. The number of ketones is 1. The van der Waals surface area contributed by atoms with E-state index < -0.39 is 46.8 Å². The van der Waals surface area contributed by atoms with E-state index >= 15 is 0 Å². The number of aromatic hydroxyl groups is 3. The molecular formula is C21H20O8. The van der Waals surface area contributed by atoms with Gasteiger partial charge in [-0.15, -0.1) is 0 Å². The monoisotopic (exact) mass is 400 g/mol. The van der Waals surface area contributed by atoms with E-state index in [4.69, 9.17) is 9.47 Å². The molecule has 2 aromatic carbocycles. The van der Waals surface area contributed by atoms with Crippen molar-refractivity contribution in [3.05, 3.63) is 53.1 Å². The van der Waals surface area contributed by atoms with E-state index in [1.165, 1.54) is 31.2 Å². The summed E-state index contributed by atoms with van der Waals surface area (Å²) in [7, 11) is 0. The molecule has 0 radical (unpaired) electrons. The molecule has 2 aromatic rings. The number of allylic oxidation sites excluding steroid dienone is 1. The van der Waals surface area contributed by atoms with Crippen LogP contribution in [0.2, 0.25) is 0 Å². The molecule has 2 unspecified atom stereocenters. The highest BCUT2D eigenvalue weighted by Gasteiger charge is 2.42. The van der Waals surface area contributed by atoms with Gasteiger partial charge in [-0.3, -0.25) is 4.79 Å². The first-order valence-electron chi connectivity index (χ1n) is 8.90. The van der Waals surface area contributed by atoms with Gasteiger partial charge in [-0.05, 0) is 31.0 Å². The van der Waals surface area contributed by atoms with Crippen molar-refractivity contribution in [3.8, 4) is 28.7 Å². The fourth-order valence-corrected chi connectivity index (χ4v) is 3.02. The van der Waals surface area contributed by atoms with Crippen LogP contribution in [0.3, 0.4) is 0 Å². The maximum absolute atomic E-state index is 12.7. The van der Waals surface area contributed by atoms with Gasteiger partial charge in [-0.25, -0.2) is 4.79 Å². The normalized spacial score (nSPS) is 18.7. The SMILES string of the molecule is CCC=C(C)C(=O)Oc1c(O)cc(O)c2c1OC(c1ccc(O)cc1)C(O)C2=O.